The molecule has 3 saturated carbocycles. The molecule has 4 fully saturated rings. The van der Waals surface area contributed by atoms with Gasteiger partial charge in [-0.1, -0.05) is 83.2 Å². The van der Waals surface area contributed by atoms with Crippen molar-refractivity contribution in [2.75, 3.05) is 39.3 Å². The first-order valence-corrected chi connectivity index (χ1v) is 43.6. The van der Waals surface area contributed by atoms with Crippen LogP contribution in [-0.4, -0.2) is 247 Å². The molecule has 17 amide bonds. The molecule has 1 aliphatic heterocycles. The number of rotatable bonds is 55. The number of aliphatic imine (C=N–C) groups is 2. The summed E-state index contributed by atoms with van der Waals surface area (Å²) < 4.78 is 0. The minimum absolute atomic E-state index is 0.0405. The van der Waals surface area contributed by atoms with Crippen LogP contribution in [-0.2, 0) is 92.7 Å². The maximum atomic E-state index is 14.5. The number of unbranched alkanes of at least 4 members (excludes halogenated alkanes) is 2. The highest BCUT2D eigenvalue weighted by molar-refractivity contribution is 5.99. The smallest absolute Gasteiger partial charge is 0.305 e. The van der Waals surface area contributed by atoms with E-state index in [0.717, 1.165) is 0 Å². The van der Waals surface area contributed by atoms with Gasteiger partial charge in [-0.2, -0.15) is 0 Å². The molecule has 0 unspecified atom stereocenters. The van der Waals surface area contributed by atoms with Crippen LogP contribution in [0.25, 0.3) is 0 Å². The molecule has 18 atom stereocenters. The molecule has 126 heavy (non-hydrogen) atoms. The van der Waals surface area contributed by atoms with Crippen LogP contribution in [0.4, 0.5) is 0 Å². The van der Waals surface area contributed by atoms with Crippen LogP contribution in [0.2, 0.25) is 0 Å². The van der Waals surface area contributed by atoms with Crippen molar-refractivity contribution in [1.82, 2.24) is 85.1 Å². The van der Waals surface area contributed by atoms with Gasteiger partial charge >= 0.3 is 5.97 Å². The predicted molar refractivity (Wildman–Crippen MR) is 462 cm³/mol. The average molecular weight is 1780 g/mol. The predicted octanol–water partition coefficient (Wildman–Crippen LogP) is -6.10. The summed E-state index contributed by atoms with van der Waals surface area (Å²) in [7, 11) is 0. The number of carboxylic acid groups (broad SMARTS) is 1. The van der Waals surface area contributed by atoms with E-state index in [9.17, 15) is 91.4 Å². The van der Waals surface area contributed by atoms with E-state index in [1.54, 1.807) is 30.3 Å². The van der Waals surface area contributed by atoms with Crippen molar-refractivity contribution >= 4 is 118 Å². The SMILES string of the molecule is CCCC[C@@H](CC(=O)NCCC(=O)N[C@@H](CC(=O)O)C(=O)N[C@@H](C)C(=O)N[C@@H](Cc1ccccc1)C(=O)N[C@@H](CC(N)=O)C(=O)N[C@@H](CCCN=C(N)N)C(N)=O)NC(=O)[C@H](CCCCN)NC(=O)[C@H]1CCC[C@@H]1NC(=O)[C@H](CC(C)C)NC(=O)[C@H]1CCC[C@@H]1NC(=O)[C@H](CCCN=C(N)N)NC(=O)[C@H]1CCC[C@@H]1NC(=O)[C@H](C)NC(=O)[C@H]1CNC[C@@H]1NC(C)=O. The van der Waals surface area contributed by atoms with E-state index in [1.165, 1.54) is 20.8 Å². The van der Waals surface area contributed by atoms with Crippen LogP contribution in [0.1, 0.15) is 201 Å². The number of nitrogens with zero attached hydrogens (tertiary/aromatic N) is 2. The van der Waals surface area contributed by atoms with Crippen LogP contribution in [0.15, 0.2) is 40.3 Å². The van der Waals surface area contributed by atoms with Crippen LogP contribution >= 0.6 is 0 Å². The van der Waals surface area contributed by atoms with Gasteiger partial charge in [0.2, 0.25) is 100 Å². The third-order valence-electron chi connectivity index (χ3n) is 22.4. The summed E-state index contributed by atoms with van der Waals surface area (Å²) in [5.41, 5.74) is 39.2. The Balaban J connectivity index is 1.17. The summed E-state index contributed by atoms with van der Waals surface area (Å²) in [6.45, 7) is 10.6. The number of amides is 17. The number of nitrogens with one attached hydrogen (secondary N) is 16. The molecule has 3 aliphatic carbocycles. The molecular formula is C82H135N25O19. The van der Waals surface area contributed by atoms with Gasteiger partial charge in [-0.3, -0.25) is 96.3 Å². The Morgan fingerprint density at radius 1 is 0.444 bits per heavy atom. The molecule has 0 spiro atoms. The molecule has 1 heterocycles. The summed E-state index contributed by atoms with van der Waals surface area (Å²) in [6, 6.07) is -7.22. The summed E-state index contributed by atoms with van der Waals surface area (Å²) >= 11 is 0. The molecule has 1 aromatic rings. The first kappa shape index (κ1) is 105. The number of aliphatic carboxylic acids is 1. The molecule has 0 aromatic heterocycles. The third kappa shape index (κ3) is 37.1. The van der Waals surface area contributed by atoms with Gasteiger partial charge in [-0.05, 0) is 128 Å². The standard InChI is InChI=1S/C82H135N25O19/c1-7-8-21-48(38-66(111)91-35-31-65(110)98-62(40-67(112)113)77(123)95-45(5)70(116)105-60(37-47-19-10-9-11-20-47)79(125)107-61(39-64(84)109)80(126)102-56(68(85)114)29-17-33-92-81(86)87)97-75(121)57(25-12-13-32-83)103-72(118)50-23-15-28-55(50)101-78(124)59(36-43(2)3)106-73(119)51-24-16-27-54(51)100-76(122)58(30-18-34-93-82(88)89)104-71(117)49-22-14-26-53(49)99-69(115)44(4)94-74(120)52-41-90-42-63(52)96-46(6)108/h9-11,19-20,43-45,48-63,90H,7-8,12-18,21-42,83H2,1-6H3,(H2,84,109)(H2,85,114)(H,91,111)(H,94,120)(H,95,123)(H,96,108)(H,97,121)(H,98,110)(H,99,115)(H,100,122)(H,101,124)(H,102,126)(H,103,118)(H,104,117)(H,105,116)(H,106,119)(H,107,125)(H,112,113)(H4,86,87,92)(H4,88,89,93)/t44-,45-,48-,49-,50-,51-,52-,53-,54-,55-,56-,57-,58-,59-,60-,61-,62-,63-/m0/s1. The minimum Gasteiger partial charge on any atom is -0.481 e. The number of benzene rings is 1. The number of primary amides is 2. The van der Waals surface area contributed by atoms with Crippen LogP contribution in [0, 0.1) is 29.6 Å². The highest BCUT2D eigenvalue weighted by atomic mass is 16.4. The highest BCUT2D eigenvalue weighted by Crippen LogP contribution is 2.30. The molecule has 31 N–H and O–H groups in total. The Bertz CT molecular complexity index is 3960. The van der Waals surface area contributed by atoms with E-state index in [2.05, 4.69) is 95.1 Å². The lowest BCUT2D eigenvalue weighted by Crippen LogP contribution is -2.59. The summed E-state index contributed by atoms with van der Waals surface area (Å²) in [6.07, 6.45) is 4.52. The van der Waals surface area contributed by atoms with E-state index in [-0.39, 0.29) is 101 Å². The zero-order valence-corrected chi connectivity index (χ0v) is 73.0. The van der Waals surface area contributed by atoms with Gasteiger partial charge in [-0.15, -0.1) is 0 Å². The van der Waals surface area contributed by atoms with Gasteiger partial charge < -0.3 is 130 Å². The Kier molecular flexibility index (Phi) is 45.0. The van der Waals surface area contributed by atoms with Crippen molar-refractivity contribution in [3.8, 4) is 0 Å². The lowest BCUT2D eigenvalue weighted by atomic mass is 9.97. The van der Waals surface area contributed by atoms with Crippen LogP contribution in [0.3, 0.4) is 0 Å². The number of hydrogen-bond acceptors (Lipinski definition) is 22. The fourth-order valence-electron chi connectivity index (χ4n) is 15.8. The van der Waals surface area contributed by atoms with Gasteiger partial charge in [0, 0.05) is 83.1 Å². The Morgan fingerprint density at radius 3 is 1.44 bits per heavy atom. The molecule has 4 aliphatic rings. The zero-order valence-electron chi connectivity index (χ0n) is 73.0. The Labute approximate surface area is 733 Å². The van der Waals surface area contributed by atoms with Crippen LogP contribution in [0.5, 0.6) is 0 Å². The second-order valence-corrected chi connectivity index (χ2v) is 33.3. The number of carboxylic acids is 1. The number of nitrogens with two attached hydrogens (primary N) is 7. The van der Waals surface area contributed by atoms with Crippen LogP contribution < -0.4 is 125 Å². The Morgan fingerprint density at radius 2 is 0.921 bits per heavy atom. The fourth-order valence-corrected chi connectivity index (χ4v) is 15.8. The van der Waals surface area contributed by atoms with E-state index < -0.39 is 228 Å². The highest BCUT2D eigenvalue weighted by Gasteiger charge is 2.44. The largest absolute Gasteiger partial charge is 0.481 e. The summed E-state index contributed by atoms with van der Waals surface area (Å²) in [5.74, 6) is -17.1. The lowest BCUT2D eigenvalue weighted by Gasteiger charge is -2.29. The monoisotopic (exact) mass is 1770 g/mol. The van der Waals surface area contributed by atoms with E-state index in [0.29, 0.717) is 109 Å². The average Bonchev–Trinajstić information content (AvgIpc) is 1.69. The van der Waals surface area contributed by atoms with Gasteiger partial charge in [0.15, 0.2) is 11.9 Å². The lowest BCUT2D eigenvalue weighted by molar-refractivity contribution is -0.141. The van der Waals surface area contributed by atoms with Gasteiger partial charge in [0.25, 0.3) is 0 Å². The topological polar surface area (TPSA) is 727 Å². The number of carbonyl (C=O) groups is 18. The van der Waals surface area contributed by atoms with Crippen molar-refractivity contribution in [1.29, 1.82) is 0 Å². The van der Waals surface area contributed by atoms with Crippen molar-refractivity contribution in [3.63, 3.8) is 0 Å². The fraction of sp³-hybridized carbons (Fsp3) is 0.683. The normalized spacial score (nSPS) is 20.5. The first-order valence-electron chi connectivity index (χ1n) is 43.6. The molecule has 0 radical (unpaired) electrons. The maximum absolute atomic E-state index is 14.5. The molecule has 44 heteroatoms. The molecule has 1 aromatic carbocycles. The second kappa shape index (κ2) is 54.1. The van der Waals surface area contributed by atoms with Gasteiger partial charge in [-0.25, -0.2) is 0 Å². The molecule has 0 bridgehead atoms. The quantitative estimate of drug-likeness (QED) is 0.0164. The summed E-state index contributed by atoms with van der Waals surface area (Å²) in [5, 5.41) is 53.4. The summed E-state index contributed by atoms with van der Waals surface area (Å²) in [4.78, 5) is 251. The third-order valence-corrected chi connectivity index (χ3v) is 22.4. The van der Waals surface area contributed by atoms with Gasteiger partial charge in [0.1, 0.15) is 54.4 Å². The van der Waals surface area contributed by atoms with Gasteiger partial charge in [0.05, 0.1) is 42.6 Å². The molecule has 44 nitrogen and oxygen atoms in total. The maximum Gasteiger partial charge on any atom is 0.305 e. The number of guanidine groups is 2. The zero-order chi connectivity index (χ0) is 93.3. The van der Waals surface area contributed by atoms with E-state index in [1.807, 2.05) is 20.8 Å². The van der Waals surface area contributed by atoms with Crippen molar-refractivity contribution in [2.24, 2.45) is 79.7 Å². The number of carbonyl (C=O) groups excluding carboxylic acids is 17. The Hall–Kier alpha value is -11.9. The molecule has 5 rings (SSSR count). The number of hydrogen-bond donors (Lipinski definition) is 24. The van der Waals surface area contributed by atoms with E-state index in [4.69, 9.17) is 40.1 Å². The molecular weight excluding hydrogens is 1640 g/mol. The van der Waals surface area contributed by atoms with E-state index >= 15 is 0 Å². The second-order valence-electron chi connectivity index (χ2n) is 33.3. The molecule has 702 valence electrons. The minimum atomic E-state index is -1.78. The van der Waals surface area contributed by atoms with Crippen molar-refractivity contribution in [3.05, 3.63) is 35.9 Å². The molecule has 1 saturated heterocycles. The first-order chi connectivity index (χ1) is 59.8. The van der Waals surface area contributed by atoms with Crippen molar-refractivity contribution in [2.45, 2.75) is 287 Å². The van der Waals surface area contributed by atoms with Crippen molar-refractivity contribution < 1.29 is 91.4 Å².